The highest BCUT2D eigenvalue weighted by atomic mass is 19.4. The van der Waals surface area contributed by atoms with Crippen LogP contribution in [0.3, 0.4) is 0 Å². The minimum absolute atomic E-state index is 0.183. The van der Waals surface area contributed by atoms with Crippen molar-refractivity contribution < 1.29 is 13.2 Å². The maximum atomic E-state index is 12.9. The van der Waals surface area contributed by atoms with Gasteiger partial charge in [0.1, 0.15) is 0 Å². The maximum absolute atomic E-state index is 12.9. The summed E-state index contributed by atoms with van der Waals surface area (Å²) in [4.78, 5) is 1.97. The lowest BCUT2D eigenvalue weighted by Crippen LogP contribution is -2.42. The summed E-state index contributed by atoms with van der Waals surface area (Å²) in [7, 11) is 0. The van der Waals surface area contributed by atoms with Gasteiger partial charge in [0, 0.05) is 32.0 Å². The number of hydrogen-bond acceptors (Lipinski definition) is 2. The van der Waals surface area contributed by atoms with Crippen molar-refractivity contribution in [3.63, 3.8) is 0 Å². The lowest BCUT2D eigenvalue weighted by atomic mass is 10.0. The van der Waals surface area contributed by atoms with E-state index in [-0.39, 0.29) is 6.54 Å². The van der Waals surface area contributed by atoms with E-state index in [0.29, 0.717) is 18.9 Å². The van der Waals surface area contributed by atoms with Gasteiger partial charge in [-0.15, -0.1) is 0 Å². The molecular formula is C13H18F3N3. The van der Waals surface area contributed by atoms with Crippen LogP contribution in [0, 0.1) is 5.41 Å². The van der Waals surface area contributed by atoms with Crippen LogP contribution in [0.2, 0.25) is 0 Å². The zero-order valence-corrected chi connectivity index (χ0v) is 10.7. The Morgan fingerprint density at radius 2 is 1.89 bits per heavy atom. The molecule has 0 unspecified atom stereocenters. The summed E-state index contributed by atoms with van der Waals surface area (Å²) in [5.41, 5.74) is -1.40. The molecule has 0 aromatic carbocycles. The Kier molecular flexibility index (Phi) is 3.08. The highest BCUT2D eigenvalue weighted by Gasteiger charge is 2.63. The molecular weight excluding hydrogens is 255 g/mol. The standard InChI is InChI=1S/C13H18F3N3/c14-13(15,16)12(4-5-12)10-18-8-2-11(3-9-18)19-7-1-6-17-19/h1,6-7,11H,2-5,8-10H2. The van der Waals surface area contributed by atoms with E-state index in [4.69, 9.17) is 0 Å². The molecule has 3 rings (SSSR count). The molecule has 0 amide bonds. The minimum Gasteiger partial charge on any atom is -0.302 e. The molecule has 1 aliphatic heterocycles. The summed E-state index contributed by atoms with van der Waals surface area (Å²) in [6.07, 6.45) is 2.01. The minimum atomic E-state index is -4.04. The number of likely N-dealkylation sites (tertiary alicyclic amines) is 1. The van der Waals surface area contributed by atoms with Crippen LogP contribution in [0.25, 0.3) is 0 Å². The Bertz CT molecular complexity index is 415. The van der Waals surface area contributed by atoms with Crippen LogP contribution < -0.4 is 0 Å². The third kappa shape index (κ3) is 2.50. The van der Waals surface area contributed by atoms with Gasteiger partial charge in [-0.05, 0) is 31.7 Å². The van der Waals surface area contributed by atoms with Crippen molar-refractivity contribution in [1.29, 1.82) is 0 Å². The van der Waals surface area contributed by atoms with E-state index in [1.807, 2.05) is 21.8 Å². The molecule has 3 nitrogen and oxygen atoms in total. The van der Waals surface area contributed by atoms with E-state index < -0.39 is 11.6 Å². The van der Waals surface area contributed by atoms with Crippen LogP contribution in [-0.4, -0.2) is 40.5 Å². The van der Waals surface area contributed by atoms with E-state index in [0.717, 1.165) is 25.9 Å². The van der Waals surface area contributed by atoms with Crippen LogP contribution in [0.5, 0.6) is 0 Å². The zero-order valence-electron chi connectivity index (χ0n) is 10.7. The Balaban J connectivity index is 1.54. The van der Waals surface area contributed by atoms with E-state index in [9.17, 15) is 13.2 Å². The molecule has 6 heteroatoms. The van der Waals surface area contributed by atoms with E-state index in [2.05, 4.69) is 5.10 Å². The molecule has 0 bridgehead atoms. The van der Waals surface area contributed by atoms with Crippen LogP contribution in [-0.2, 0) is 0 Å². The van der Waals surface area contributed by atoms with Gasteiger partial charge < -0.3 is 4.90 Å². The van der Waals surface area contributed by atoms with Crippen molar-refractivity contribution in [3.05, 3.63) is 18.5 Å². The van der Waals surface area contributed by atoms with Crippen molar-refractivity contribution in [1.82, 2.24) is 14.7 Å². The topological polar surface area (TPSA) is 21.1 Å². The second-order valence-electron chi connectivity index (χ2n) is 5.77. The predicted octanol–water partition coefficient (Wildman–Crippen LogP) is 2.86. The number of halogens is 3. The summed E-state index contributed by atoms with van der Waals surface area (Å²) in [5, 5.41) is 4.21. The molecule has 2 aliphatic rings. The molecule has 2 heterocycles. The Morgan fingerprint density at radius 1 is 1.21 bits per heavy atom. The smallest absolute Gasteiger partial charge is 0.302 e. The van der Waals surface area contributed by atoms with Crippen molar-refractivity contribution >= 4 is 0 Å². The third-order valence-corrected chi connectivity index (χ3v) is 4.44. The first-order valence-corrected chi connectivity index (χ1v) is 6.78. The van der Waals surface area contributed by atoms with Crippen LogP contribution in [0.1, 0.15) is 31.7 Å². The molecule has 2 fully saturated rings. The largest absolute Gasteiger partial charge is 0.395 e. The number of rotatable bonds is 3. The second kappa shape index (κ2) is 4.51. The fourth-order valence-corrected chi connectivity index (χ4v) is 2.95. The van der Waals surface area contributed by atoms with Gasteiger partial charge >= 0.3 is 6.18 Å². The van der Waals surface area contributed by atoms with Crippen molar-refractivity contribution in [2.45, 2.75) is 37.9 Å². The van der Waals surface area contributed by atoms with Crippen LogP contribution in [0.4, 0.5) is 13.2 Å². The monoisotopic (exact) mass is 273 g/mol. The first-order valence-electron chi connectivity index (χ1n) is 6.78. The molecule has 0 spiro atoms. The van der Waals surface area contributed by atoms with Crippen molar-refractivity contribution in [2.24, 2.45) is 5.41 Å². The normalized spacial score (nSPS) is 24.6. The summed E-state index contributed by atoms with van der Waals surface area (Å²) in [6.45, 7) is 1.66. The SMILES string of the molecule is FC(F)(F)C1(CN2CCC(n3cccn3)CC2)CC1. The first-order chi connectivity index (χ1) is 9.00. The van der Waals surface area contributed by atoms with Crippen molar-refractivity contribution in [3.8, 4) is 0 Å². The molecule has 1 aliphatic carbocycles. The van der Waals surface area contributed by atoms with Crippen LogP contribution in [0.15, 0.2) is 18.5 Å². The van der Waals surface area contributed by atoms with E-state index >= 15 is 0 Å². The fraction of sp³-hybridized carbons (Fsp3) is 0.769. The lowest BCUT2D eigenvalue weighted by Gasteiger charge is -2.35. The Morgan fingerprint density at radius 3 is 2.37 bits per heavy atom. The summed E-state index contributed by atoms with van der Waals surface area (Å²) in [5.74, 6) is 0. The lowest BCUT2D eigenvalue weighted by molar-refractivity contribution is -0.192. The molecule has 0 N–H and O–H groups in total. The molecule has 106 valence electrons. The maximum Gasteiger partial charge on any atom is 0.395 e. The zero-order chi connectivity index (χ0) is 13.5. The predicted molar refractivity (Wildman–Crippen MR) is 64.7 cm³/mol. The number of nitrogens with zero attached hydrogens (tertiary/aromatic N) is 3. The molecule has 19 heavy (non-hydrogen) atoms. The average molecular weight is 273 g/mol. The fourth-order valence-electron chi connectivity index (χ4n) is 2.95. The van der Waals surface area contributed by atoms with Gasteiger partial charge in [-0.3, -0.25) is 4.68 Å². The Hall–Kier alpha value is -1.04. The highest BCUT2D eigenvalue weighted by Crippen LogP contribution is 2.58. The summed E-state index contributed by atoms with van der Waals surface area (Å²) >= 11 is 0. The quantitative estimate of drug-likeness (QED) is 0.844. The number of piperidine rings is 1. The highest BCUT2D eigenvalue weighted by molar-refractivity contribution is 5.01. The van der Waals surface area contributed by atoms with Gasteiger partial charge in [0.25, 0.3) is 0 Å². The van der Waals surface area contributed by atoms with Gasteiger partial charge in [0.2, 0.25) is 0 Å². The molecule has 1 aromatic rings. The van der Waals surface area contributed by atoms with Crippen LogP contribution >= 0.6 is 0 Å². The number of hydrogen-bond donors (Lipinski definition) is 0. The summed E-state index contributed by atoms with van der Waals surface area (Å²) in [6, 6.07) is 2.22. The number of aromatic nitrogens is 2. The number of alkyl halides is 3. The van der Waals surface area contributed by atoms with Crippen molar-refractivity contribution in [2.75, 3.05) is 19.6 Å². The molecule has 1 aromatic heterocycles. The van der Waals surface area contributed by atoms with E-state index in [1.54, 1.807) is 6.20 Å². The van der Waals surface area contributed by atoms with Gasteiger partial charge in [-0.2, -0.15) is 18.3 Å². The van der Waals surface area contributed by atoms with Gasteiger partial charge in [-0.1, -0.05) is 0 Å². The molecule has 1 saturated heterocycles. The molecule has 0 atom stereocenters. The second-order valence-corrected chi connectivity index (χ2v) is 5.77. The van der Waals surface area contributed by atoms with Gasteiger partial charge in [-0.25, -0.2) is 0 Å². The third-order valence-electron chi connectivity index (χ3n) is 4.44. The molecule has 0 radical (unpaired) electrons. The average Bonchev–Trinajstić information content (AvgIpc) is 2.96. The summed E-state index contributed by atoms with van der Waals surface area (Å²) < 4.78 is 40.7. The van der Waals surface area contributed by atoms with Gasteiger partial charge in [0.05, 0.1) is 11.5 Å². The van der Waals surface area contributed by atoms with E-state index in [1.165, 1.54) is 0 Å². The van der Waals surface area contributed by atoms with Gasteiger partial charge in [0.15, 0.2) is 0 Å². The molecule has 1 saturated carbocycles. The Labute approximate surface area is 110 Å². The first kappa shape index (κ1) is 13.0.